The Kier molecular flexibility index (Phi) is 4.37. The molecule has 0 spiro atoms. The van der Waals surface area contributed by atoms with Crippen molar-refractivity contribution in [2.75, 3.05) is 18.9 Å². The molecule has 19 heavy (non-hydrogen) atoms. The third kappa shape index (κ3) is 3.42. The highest BCUT2D eigenvalue weighted by molar-refractivity contribution is 7.80. The molecule has 0 aliphatic heterocycles. The van der Waals surface area contributed by atoms with Gasteiger partial charge in [-0.05, 0) is 45.4 Å². The number of nitrogens with zero attached hydrogens (tertiary/aromatic N) is 2. The lowest BCUT2D eigenvalue weighted by Gasteiger charge is -2.25. The smallest absolute Gasteiger partial charge is 0.136 e. The van der Waals surface area contributed by atoms with Crippen molar-refractivity contribution in [3.05, 3.63) is 23.4 Å². The quantitative estimate of drug-likeness (QED) is 0.779. The maximum absolute atomic E-state index is 5.78. The Labute approximate surface area is 120 Å². The Hall–Kier alpha value is -1.20. The summed E-state index contributed by atoms with van der Waals surface area (Å²) in [5, 5.41) is 3.38. The molecule has 5 heteroatoms. The fourth-order valence-corrected chi connectivity index (χ4v) is 2.49. The molecule has 3 N–H and O–H groups in total. The first-order chi connectivity index (χ1) is 9.00. The van der Waals surface area contributed by atoms with Gasteiger partial charge in [0.2, 0.25) is 0 Å². The highest BCUT2D eigenvalue weighted by Gasteiger charge is 2.29. The van der Waals surface area contributed by atoms with Gasteiger partial charge in [0.25, 0.3) is 0 Å². The van der Waals surface area contributed by atoms with Gasteiger partial charge in [0.15, 0.2) is 0 Å². The van der Waals surface area contributed by atoms with Crippen LogP contribution in [-0.4, -0.2) is 40.5 Å². The van der Waals surface area contributed by atoms with Crippen molar-refractivity contribution in [3.8, 4) is 0 Å². The number of pyridine rings is 1. The zero-order valence-electron chi connectivity index (χ0n) is 11.8. The molecule has 0 saturated heterocycles. The second-order valence-corrected chi connectivity index (χ2v) is 5.78. The third-order valence-corrected chi connectivity index (χ3v) is 3.99. The molecule has 0 radical (unpaired) electrons. The fourth-order valence-electron chi connectivity index (χ4n) is 2.23. The number of aryl methyl sites for hydroxylation is 1. The van der Waals surface area contributed by atoms with Crippen LogP contribution in [-0.2, 0) is 0 Å². The van der Waals surface area contributed by atoms with Crippen molar-refractivity contribution >= 4 is 23.0 Å². The van der Waals surface area contributed by atoms with Crippen LogP contribution in [0.3, 0.4) is 0 Å². The number of hydrogen-bond acceptors (Lipinski definition) is 4. The van der Waals surface area contributed by atoms with Crippen LogP contribution in [0.25, 0.3) is 0 Å². The van der Waals surface area contributed by atoms with E-state index in [2.05, 4.69) is 29.2 Å². The van der Waals surface area contributed by atoms with Gasteiger partial charge in [-0.2, -0.15) is 0 Å². The Balaban J connectivity index is 2.02. The molecule has 0 bridgehead atoms. The van der Waals surface area contributed by atoms with Crippen LogP contribution in [0, 0.1) is 6.92 Å². The second-order valence-electron chi connectivity index (χ2n) is 5.34. The van der Waals surface area contributed by atoms with Gasteiger partial charge in [-0.15, -0.1) is 0 Å². The van der Waals surface area contributed by atoms with E-state index < -0.39 is 0 Å². The summed E-state index contributed by atoms with van der Waals surface area (Å²) in [5.74, 6) is 0.795. The molecule has 104 valence electrons. The molecule has 1 aliphatic rings. The summed E-state index contributed by atoms with van der Waals surface area (Å²) < 4.78 is 0. The van der Waals surface area contributed by atoms with E-state index >= 15 is 0 Å². The zero-order chi connectivity index (χ0) is 14.0. The first-order valence-electron chi connectivity index (χ1n) is 6.72. The van der Waals surface area contributed by atoms with Crippen LogP contribution in [0.2, 0.25) is 0 Å². The predicted molar refractivity (Wildman–Crippen MR) is 83.6 cm³/mol. The Morgan fingerprint density at radius 2 is 2.32 bits per heavy atom. The molecule has 4 nitrogen and oxygen atoms in total. The topological polar surface area (TPSA) is 54.2 Å². The first kappa shape index (κ1) is 14.2. The molecular formula is C14H22N4S. The molecule has 0 amide bonds. The van der Waals surface area contributed by atoms with Crippen LogP contribution in [0.4, 0.5) is 5.82 Å². The van der Waals surface area contributed by atoms with Gasteiger partial charge < -0.3 is 11.1 Å². The summed E-state index contributed by atoms with van der Waals surface area (Å²) >= 11 is 5.11. The molecule has 2 rings (SSSR count). The van der Waals surface area contributed by atoms with E-state index in [-0.39, 0.29) is 0 Å². The number of anilines is 1. The standard InChI is InChI=1S/C14H22N4S/c1-9-6-7-16-14(12(9)13(15)19)17-8-10(2)18(3)11-4-5-11/h6-7,10-11H,4-5,8H2,1-3H3,(H2,15,19)(H,16,17). The van der Waals surface area contributed by atoms with Gasteiger partial charge in [-0.3, -0.25) is 4.90 Å². The van der Waals surface area contributed by atoms with Crippen LogP contribution in [0.1, 0.15) is 30.9 Å². The molecule has 1 unspecified atom stereocenters. The Morgan fingerprint density at radius 3 is 2.89 bits per heavy atom. The average molecular weight is 278 g/mol. The number of aromatic nitrogens is 1. The molecule has 1 heterocycles. The first-order valence-corrected chi connectivity index (χ1v) is 7.12. The zero-order valence-corrected chi connectivity index (χ0v) is 12.6. The van der Waals surface area contributed by atoms with E-state index in [9.17, 15) is 0 Å². The van der Waals surface area contributed by atoms with Gasteiger partial charge in [-0.1, -0.05) is 12.2 Å². The molecule has 1 aromatic heterocycles. The minimum atomic E-state index is 0.399. The maximum Gasteiger partial charge on any atom is 0.136 e. The Morgan fingerprint density at radius 1 is 1.63 bits per heavy atom. The summed E-state index contributed by atoms with van der Waals surface area (Å²) in [6.45, 7) is 5.07. The number of nitrogens with one attached hydrogen (secondary N) is 1. The lowest BCUT2D eigenvalue weighted by Crippen LogP contribution is -2.36. The monoisotopic (exact) mass is 278 g/mol. The van der Waals surface area contributed by atoms with Gasteiger partial charge in [-0.25, -0.2) is 4.98 Å². The highest BCUT2D eigenvalue weighted by atomic mass is 32.1. The number of nitrogens with two attached hydrogens (primary N) is 1. The third-order valence-electron chi connectivity index (χ3n) is 3.79. The van der Waals surface area contributed by atoms with Crippen molar-refractivity contribution in [3.63, 3.8) is 0 Å². The van der Waals surface area contributed by atoms with Gasteiger partial charge >= 0.3 is 0 Å². The molecule has 1 fully saturated rings. The van der Waals surface area contributed by atoms with E-state index in [0.717, 1.165) is 29.5 Å². The van der Waals surface area contributed by atoms with E-state index in [0.29, 0.717) is 11.0 Å². The largest absolute Gasteiger partial charge is 0.389 e. The van der Waals surface area contributed by atoms with Gasteiger partial charge in [0.05, 0.1) is 5.56 Å². The van der Waals surface area contributed by atoms with Crippen LogP contribution in [0.15, 0.2) is 12.3 Å². The Bertz CT molecular complexity index is 471. The SMILES string of the molecule is Cc1ccnc(NCC(C)N(C)C2CC2)c1C(N)=S. The summed E-state index contributed by atoms with van der Waals surface area (Å²) in [5.41, 5.74) is 7.70. The van der Waals surface area contributed by atoms with E-state index in [4.69, 9.17) is 18.0 Å². The average Bonchev–Trinajstić information content (AvgIpc) is 3.18. The molecule has 1 saturated carbocycles. The van der Waals surface area contributed by atoms with Crippen LogP contribution in [0.5, 0.6) is 0 Å². The van der Waals surface area contributed by atoms with Crippen molar-refractivity contribution in [2.45, 2.75) is 38.8 Å². The van der Waals surface area contributed by atoms with E-state index in [1.165, 1.54) is 12.8 Å². The lowest BCUT2D eigenvalue weighted by molar-refractivity contribution is 0.257. The lowest BCUT2D eigenvalue weighted by atomic mass is 10.1. The van der Waals surface area contributed by atoms with Gasteiger partial charge in [0.1, 0.15) is 10.8 Å². The predicted octanol–water partition coefficient (Wildman–Crippen LogP) is 1.92. The minimum Gasteiger partial charge on any atom is -0.389 e. The summed E-state index contributed by atoms with van der Waals surface area (Å²) in [7, 11) is 2.18. The normalized spacial score (nSPS) is 16.4. The molecule has 1 atom stereocenters. The van der Waals surface area contributed by atoms with E-state index in [1.54, 1.807) is 6.20 Å². The number of rotatable bonds is 6. The minimum absolute atomic E-state index is 0.399. The van der Waals surface area contributed by atoms with Crippen molar-refractivity contribution in [2.24, 2.45) is 5.73 Å². The molecule has 0 aromatic carbocycles. The summed E-state index contributed by atoms with van der Waals surface area (Å²) in [6, 6.07) is 3.16. The molecule has 1 aliphatic carbocycles. The summed E-state index contributed by atoms with van der Waals surface area (Å²) in [6.07, 6.45) is 4.43. The van der Waals surface area contributed by atoms with Crippen molar-refractivity contribution < 1.29 is 0 Å². The highest BCUT2D eigenvalue weighted by Crippen LogP contribution is 2.27. The van der Waals surface area contributed by atoms with Crippen LogP contribution >= 0.6 is 12.2 Å². The fraction of sp³-hybridized carbons (Fsp3) is 0.571. The number of likely N-dealkylation sites (N-methyl/N-ethyl adjacent to an activating group) is 1. The van der Waals surface area contributed by atoms with Gasteiger partial charge in [0, 0.05) is 24.8 Å². The number of hydrogen-bond donors (Lipinski definition) is 2. The molecular weight excluding hydrogens is 256 g/mol. The summed E-state index contributed by atoms with van der Waals surface area (Å²) in [4.78, 5) is 7.17. The van der Waals surface area contributed by atoms with Crippen molar-refractivity contribution in [1.82, 2.24) is 9.88 Å². The molecule has 1 aromatic rings. The second kappa shape index (κ2) is 5.84. The maximum atomic E-state index is 5.78. The number of thiocarbonyl (C=S) groups is 1. The van der Waals surface area contributed by atoms with Crippen molar-refractivity contribution in [1.29, 1.82) is 0 Å². The van der Waals surface area contributed by atoms with Crippen LogP contribution < -0.4 is 11.1 Å². The van der Waals surface area contributed by atoms with E-state index in [1.807, 2.05) is 13.0 Å².